The van der Waals surface area contributed by atoms with Crippen LogP contribution in [0.2, 0.25) is 0 Å². The lowest BCUT2D eigenvalue weighted by Crippen LogP contribution is -2.74. The zero-order valence-electron chi connectivity index (χ0n) is 24.0. The molecule has 4 aliphatic heterocycles. The molecule has 2 amide bonds. The van der Waals surface area contributed by atoms with Crippen molar-refractivity contribution in [3.05, 3.63) is 41.1 Å². The van der Waals surface area contributed by atoms with Crippen LogP contribution in [0, 0.1) is 0 Å². The Balaban J connectivity index is 1.62. The fraction of sp³-hybridized carbons (Fsp3) is 0.586. The lowest BCUT2D eigenvalue weighted by Gasteiger charge is -2.56. The van der Waals surface area contributed by atoms with E-state index in [0.717, 1.165) is 10.5 Å². The van der Waals surface area contributed by atoms with Gasteiger partial charge in [0.1, 0.15) is 23.5 Å². The second-order valence-electron chi connectivity index (χ2n) is 12.2. The van der Waals surface area contributed by atoms with E-state index in [2.05, 4.69) is 0 Å². The molecule has 6 rings (SSSR count). The van der Waals surface area contributed by atoms with Crippen LogP contribution in [0.25, 0.3) is 10.9 Å². The van der Waals surface area contributed by atoms with Crippen molar-refractivity contribution >= 4 is 22.7 Å². The molecule has 222 valence electrons. The first-order valence-electron chi connectivity index (χ1n) is 13.9. The number of fused-ring (bicyclic) bond motifs is 6. The minimum atomic E-state index is -2.58. The summed E-state index contributed by atoms with van der Waals surface area (Å²) in [4.78, 5) is 42.8. The molecule has 2 aromatic rings. The van der Waals surface area contributed by atoms with Crippen LogP contribution in [0.5, 0.6) is 5.75 Å². The Morgan fingerprint density at radius 1 is 1.22 bits per heavy atom. The number of benzene rings is 1. The third-order valence-electron chi connectivity index (χ3n) is 8.48. The van der Waals surface area contributed by atoms with E-state index in [0.29, 0.717) is 27.9 Å². The highest BCUT2D eigenvalue weighted by Crippen LogP contribution is 2.55. The SMILES string of the molecule is COc1ccc2c3c4n(c2c1)C(C=C(C)C)OOC(C)(C)CC4N1C(=O)C2CC(OC(C)O)CN2C(=O)[C@]1(O)[C@H]3O. The van der Waals surface area contributed by atoms with E-state index in [1.807, 2.05) is 38.3 Å². The molecule has 0 radical (unpaired) electrons. The van der Waals surface area contributed by atoms with Gasteiger partial charge in [-0.05, 0) is 52.8 Å². The van der Waals surface area contributed by atoms with Gasteiger partial charge in [-0.25, -0.2) is 9.78 Å². The molecule has 12 nitrogen and oxygen atoms in total. The minimum absolute atomic E-state index is 0.00455. The molecule has 12 heteroatoms. The lowest BCUT2D eigenvalue weighted by atomic mass is 9.79. The quantitative estimate of drug-likeness (QED) is 0.286. The van der Waals surface area contributed by atoms with E-state index in [1.165, 1.54) is 11.8 Å². The number of carbonyl (C=O) groups excluding carboxylic acids is 2. The summed E-state index contributed by atoms with van der Waals surface area (Å²) in [5, 5.41) is 34.6. The number of amides is 2. The number of methoxy groups -OCH3 is 1. The largest absolute Gasteiger partial charge is 0.497 e. The molecule has 0 bridgehead atoms. The van der Waals surface area contributed by atoms with Crippen molar-refractivity contribution in [2.45, 2.75) is 95.6 Å². The van der Waals surface area contributed by atoms with Crippen LogP contribution in [-0.2, 0) is 24.1 Å². The zero-order chi connectivity index (χ0) is 29.6. The van der Waals surface area contributed by atoms with Gasteiger partial charge in [-0.2, -0.15) is 0 Å². The number of rotatable bonds is 4. The number of piperazine rings is 1. The van der Waals surface area contributed by atoms with Gasteiger partial charge in [-0.1, -0.05) is 5.57 Å². The minimum Gasteiger partial charge on any atom is -0.497 e. The third-order valence-corrected chi connectivity index (χ3v) is 8.48. The van der Waals surface area contributed by atoms with Crippen LogP contribution in [0.4, 0.5) is 0 Å². The molecule has 1 aromatic carbocycles. The van der Waals surface area contributed by atoms with Gasteiger partial charge in [0.25, 0.3) is 11.6 Å². The summed E-state index contributed by atoms with van der Waals surface area (Å²) in [7, 11) is 1.55. The van der Waals surface area contributed by atoms with E-state index in [4.69, 9.17) is 19.2 Å². The molecule has 0 spiro atoms. The Kier molecular flexibility index (Phi) is 6.53. The van der Waals surface area contributed by atoms with Gasteiger partial charge in [0.05, 0.1) is 30.5 Å². The highest BCUT2D eigenvalue weighted by molar-refractivity contribution is 6.02. The first-order valence-corrected chi connectivity index (χ1v) is 13.9. The Bertz CT molecular complexity index is 1440. The summed E-state index contributed by atoms with van der Waals surface area (Å²) in [6, 6.07) is 3.52. The Morgan fingerprint density at radius 2 is 1.95 bits per heavy atom. The molecular formula is C29H37N3O9. The number of aromatic nitrogens is 1. The van der Waals surface area contributed by atoms with E-state index in [-0.39, 0.29) is 19.4 Å². The Hall–Kier alpha value is -3.00. The predicted molar refractivity (Wildman–Crippen MR) is 144 cm³/mol. The Labute approximate surface area is 237 Å². The maximum Gasteiger partial charge on any atom is 0.280 e. The highest BCUT2D eigenvalue weighted by atomic mass is 17.2. The van der Waals surface area contributed by atoms with Crippen molar-refractivity contribution in [3.63, 3.8) is 0 Å². The monoisotopic (exact) mass is 571 g/mol. The van der Waals surface area contributed by atoms with Gasteiger partial charge in [-0.3, -0.25) is 14.5 Å². The molecule has 4 aliphatic rings. The molecule has 3 N–H and O–H groups in total. The van der Waals surface area contributed by atoms with Gasteiger partial charge >= 0.3 is 0 Å². The number of ether oxygens (including phenoxy) is 2. The summed E-state index contributed by atoms with van der Waals surface area (Å²) in [5.41, 5.74) is -1.07. The number of aliphatic hydroxyl groups is 3. The number of hydrogen-bond donors (Lipinski definition) is 3. The van der Waals surface area contributed by atoms with E-state index >= 15 is 0 Å². The maximum absolute atomic E-state index is 14.3. The van der Waals surface area contributed by atoms with Crippen LogP contribution in [0.3, 0.4) is 0 Å². The molecule has 1 aromatic heterocycles. The molecule has 0 saturated carbocycles. The molecule has 5 unspecified atom stereocenters. The number of hydrogen-bond acceptors (Lipinski definition) is 9. The van der Waals surface area contributed by atoms with Crippen molar-refractivity contribution in [1.82, 2.24) is 14.4 Å². The van der Waals surface area contributed by atoms with Gasteiger partial charge in [0.2, 0.25) is 5.91 Å². The van der Waals surface area contributed by atoms with Gasteiger partial charge < -0.3 is 34.3 Å². The molecule has 5 heterocycles. The average molecular weight is 572 g/mol. The van der Waals surface area contributed by atoms with E-state index < -0.39 is 59.9 Å². The number of allylic oxidation sites excluding steroid dienone is 1. The summed E-state index contributed by atoms with van der Waals surface area (Å²) >= 11 is 0. The first kappa shape index (κ1) is 28.1. The van der Waals surface area contributed by atoms with Crippen LogP contribution in [0.15, 0.2) is 29.8 Å². The fourth-order valence-electron chi connectivity index (χ4n) is 6.90. The summed E-state index contributed by atoms with van der Waals surface area (Å²) in [5.74, 6) is -0.740. The topological polar surface area (TPSA) is 143 Å². The normalized spacial score (nSPS) is 33.0. The van der Waals surface area contributed by atoms with Gasteiger partial charge in [-0.15, -0.1) is 0 Å². The van der Waals surface area contributed by atoms with Crippen molar-refractivity contribution < 1.29 is 44.2 Å². The number of aliphatic hydroxyl groups excluding tert-OH is 2. The fourth-order valence-corrected chi connectivity index (χ4v) is 6.90. The summed E-state index contributed by atoms with van der Waals surface area (Å²) < 4.78 is 12.9. The van der Waals surface area contributed by atoms with Crippen molar-refractivity contribution in [3.8, 4) is 5.75 Å². The third kappa shape index (κ3) is 4.11. The molecule has 7 atom stereocenters. The summed E-state index contributed by atoms with van der Waals surface area (Å²) in [6.45, 7) is 8.92. The lowest BCUT2D eigenvalue weighted by molar-refractivity contribution is -0.390. The molecule has 2 saturated heterocycles. The average Bonchev–Trinajstić information content (AvgIpc) is 3.46. The molecule has 0 aliphatic carbocycles. The number of nitrogens with zero attached hydrogens (tertiary/aromatic N) is 3. The second kappa shape index (κ2) is 9.51. The summed E-state index contributed by atoms with van der Waals surface area (Å²) in [6.07, 6.45) is -2.08. The van der Waals surface area contributed by atoms with Crippen LogP contribution in [-0.4, -0.2) is 84.9 Å². The second-order valence-corrected chi connectivity index (χ2v) is 12.2. The van der Waals surface area contributed by atoms with Crippen LogP contribution < -0.4 is 4.74 Å². The van der Waals surface area contributed by atoms with Crippen molar-refractivity contribution in [2.75, 3.05) is 13.7 Å². The standard InChI is InChI=1S/C29H37N3O9/c1-14(2)9-22-31-19-10-16(38-6)7-8-18(19)23-24(31)21(12-28(4,5)41-40-22)32-26(35)20-11-17(39-15(3)33)13-30(20)27(36)29(32,37)25(23)34/h7-10,15,17,20-22,25,33-34,37H,11-13H2,1-6H3/t15?,17?,20?,21?,22?,25-,29+/m0/s1. The smallest absolute Gasteiger partial charge is 0.280 e. The maximum atomic E-state index is 14.3. The first-order chi connectivity index (χ1) is 19.3. The van der Waals surface area contributed by atoms with Crippen molar-refractivity contribution in [2.24, 2.45) is 0 Å². The number of carbonyl (C=O) groups is 2. The van der Waals surface area contributed by atoms with Crippen LogP contribution >= 0.6 is 0 Å². The molecular weight excluding hydrogens is 534 g/mol. The van der Waals surface area contributed by atoms with E-state index in [1.54, 1.807) is 25.3 Å². The predicted octanol–water partition coefficient (Wildman–Crippen LogP) is 2.19. The highest BCUT2D eigenvalue weighted by Gasteiger charge is 2.67. The zero-order valence-corrected chi connectivity index (χ0v) is 24.0. The van der Waals surface area contributed by atoms with Crippen LogP contribution in [0.1, 0.15) is 77.1 Å². The van der Waals surface area contributed by atoms with Crippen molar-refractivity contribution in [1.29, 1.82) is 0 Å². The Morgan fingerprint density at radius 3 is 2.61 bits per heavy atom. The van der Waals surface area contributed by atoms with Gasteiger partial charge in [0, 0.05) is 36.4 Å². The molecule has 41 heavy (non-hydrogen) atoms. The van der Waals surface area contributed by atoms with E-state index in [9.17, 15) is 24.9 Å². The molecule has 2 fully saturated rings. The van der Waals surface area contributed by atoms with Gasteiger partial charge in [0.15, 0.2) is 12.5 Å².